The van der Waals surface area contributed by atoms with Crippen LogP contribution in [0.15, 0.2) is 48.7 Å². The number of para-hydroxylation sites is 1. The molecule has 0 radical (unpaired) electrons. The van der Waals surface area contributed by atoms with E-state index < -0.39 is 6.09 Å². The molecule has 0 spiro atoms. The zero-order valence-corrected chi connectivity index (χ0v) is 10.5. The van der Waals surface area contributed by atoms with Crippen LogP contribution in [0.1, 0.15) is 12.1 Å². The number of anilines is 1. The fraction of sp³-hybridized carbons (Fsp3) is 0.214. The Morgan fingerprint density at radius 3 is 2.74 bits per heavy atom. The number of aryl methyl sites for hydroxylation is 1. The molecule has 0 aliphatic heterocycles. The molecule has 0 bridgehead atoms. The molecule has 0 unspecified atom stereocenters. The van der Waals surface area contributed by atoms with Gasteiger partial charge in [-0.05, 0) is 37.1 Å². The predicted octanol–water partition coefficient (Wildman–Crippen LogP) is 2.66. The minimum atomic E-state index is -0.439. The summed E-state index contributed by atoms with van der Waals surface area (Å²) in [5.74, 6) is 0. The molecule has 0 fully saturated rings. The number of hydrogen-bond acceptors (Lipinski definition) is 4. The summed E-state index contributed by atoms with van der Waals surface area (Å²) in [6, 6.07) is 12.9. The third-order valence-corrected chi connectivity index (χ3v) is 2.46. The number of carbonyl (C=O) groups is 1. The molecule has 1 aromatic heterocycles. The monoisotopic (exact) mass is 257 g/mol. The topological polar surface area (TPSA) is 64.1 Å². The van der Waals surface area contributed by atoms with E-state index in [1.54, 1.807) is 18.3 Å². The first kappa shape index (κ1) is 13.0. The molecule has 1 heterocycles. The van der Waals surface area contributed by atoms with Crippen LogP contribution in [0.3, 0.4) is 0 Å². The maximum Gasteiger partial charge on any atom is 0.411 e. The maximum atomic E-state index is 11.5. The minimum absolute atomic E-state index is 0.356. The van der Waals surface area contributed by atoms with E-state index >= 15 is 0 Å². The lowest BCUT2D eigenvalue weighted by Crippen LogP contribution is -2.14. The fourth-order valence-electron chi connectivity index (χ4n) is 1.56. The van der Waals surface area contributed by atoms with E-state index in [1.165, 1.54) is 0 Å². The van der Waals surface area contributed by atoms with E-state index in [1.807, 2.05) is 30.3 Å². The van der Waals surface area contributed by atoms with Gasteiger partial charge in [0.05, 0.1) is 12.3 Å². The van der Waals surface area contributed by atoms with Gasteiger partial charge in [-0.3, -0.25) is 5.32 Å². The van der Waals surface area contributed by atoms with Gasteiger partial charge in [0.15, 0.2) is 0 Å². The largest absolute Gasteiger partial charge is 0.449 e. The summed E-state index contributed by atoms with van der Waals surface area (Å²) in [5, 5.41) is 10.4. The Morgan fingerprint density at radius 1 is 1.16 bits per heavy atom. The van der Waals surface area contributed by atoms with Gasteiger partial charge in [-0.15, -0.1) is 0 Å². The molecule has 1 N–H and O–H groups in total. The predicted molar refractivity (Wildman–Crippen MR) is 71.8 cm³/mol. The lowest BCUT2D eigenvalue weighted by molar-refractivity contribution is 0.160. The molecule has 2 rings (SSSR count). The van der Waals surface area contributed by atoms with E-state index in [0.717, 1.165) is 24.2 Å². The minimum Gasteiger partial charge on any atom is -0.449 e. The molecule has 19 heavy (non-hydrogen) atoms. The molecule has 0 aliphatic carbocycles. The van der Waals surface area contributed by atoms with Crippen LogP contribution in [0.5, 0.6) is 0 Å². The summed E-state index contributed by atoms with van der Waals surface area (Å²) in [7, 11) is 0. The first-order valence-corrected chi connectivity index (χ1v) is 6.10. The van der Waals surface area contributed by atoms with Crippen LogP contribution in [-0.2, 0) is 11.2 Å². The fourth-order valence-corrected chi connectivity index (χ4v) is 1.56. The second-order valence-corrected chi connectivity index (χ2v) is 3.95. The Bertz CT molecular complexity index is 503. The Kier molecular flexibility index (Phi) is 4.87. The van der Waals surface area contributed by atoms with Crippen molar-refractivity contribution in [3.8, 4) is 0 Å². The average Bonchev–Trinajstić information content (AvgIpc) is 2.46. The maximum absolute atomic E-state index is 11.5. The van der Waals surface area contributed by atoms with Crippen molar-refractivity contribution in [1.82, 2.24) is 10.2 Å². The number of nitrogens with one attached hydrogen (secondary N) is 1. The number of nitrogens with zero attached hydrogens (tertiary/aromatic N) is 2. The van der Waals surface area contributed by atoms with Crippen LogP contribution in [-0.4, -0.2) is 22.9 Å². The number of hydrogen-bond donors (Lipinski definition) is 1. The summed E-state index contributed by atoms with van der Waals surface area (Å²) in [5.41, 5.74) is 1.62. The molecule has 2 aromatic rings. The van der Waals surface area contributed by atoms with Crippen molar-refractivity contribution in [1.29, 1.82) is 0 Å². The number of carbonyl (C=O) groups excluding carboxylic acids is 1. The third kappa shape index (κ3) is 4.75. The van der Waals surface area contributed by atoms with Gasteiger partial charge >= 0.3 is 6.09 Å². The highest BCUT2D eigenvalue weighted by atomic mass is 16.5. The average molecular weight is 257 g/mol. The van der Waals surface area contributed by atoms with E-state index in [2.05, 4.69) is 15.5 Å². The molecule has 1 amide bonds. The summed E-state index contributed by atoms with van der Waals surface area (Å²) < 4.78 is 5.07. The van der Waals surface area contributed by atoms with Crippen LogP contribution >= 0.6 is 0 Å². The Balaban J connectivity index is 1.65. The molecule has 5 nitrogen and oxygen atoms in total. The normalized spacial score (nSPS) is 9.89. The molecule has 0 saturated heterocycles. The third-order valence-electron chi connectivity index (χ3n) is 2.46. The van der Waals surface area contributed by atoms with Crippen molar-refractivity contribution in [3.63, 3.8) is 0 Å². The number of ether oxygens (including phenoxy) is 1. The molecule has 0 aliphatic rings. The van der Waals surface area contributed by atoms with Crippen LogP contribution in [0.25, 0.3) is 0 Å². The lowest BCUT2D eigenvalue weighted by atomic mass is 10.2. The number of benzene rings is 1. The Labute approximate surface area is 111 Å². The van der Waals surface area contributed by atoms with Gasteiger partial charge in [-0.2, -0.15) is 10.2 Å². The van der Waals surface area contributed by atoms with Gasteiger partial charge in [0.25, 0.3) is 0 Å². The summed E-state index contributed by atoms with van der Waals surface area (Å²) in [6.45, 7) is 0.356. The van der Waals surface area contributed by atoms with Crippen LogP contribution < -0.4 is 5.32 Å². The summed E-state index contributed by atoms with van der Waals surface area (Å²) >= 11 is 0. The second kappa shape index (κ2) is 7.10. The van der Waals surface area contributed by atoms with Crippen molar-refractivity contribution in [3.05, 3.63) is 54.4 Å². The van der Waals surface area contributed by atoms with Gasteiger partial charge in [0, 0.05) is 11.9 Å². The van der Waals surface area contributed by atoms with Gasteiger partial charge < -0.3 is 4.74 Å². The van der Waals surface area contributed by atoms with Gasteiger partial charge in [0.1, 0.15) is 0 Å². The Hall–Kier alpha value is -2.43. The van der Waals surface area contributed by atoms with Gasteiger partial charge in [-0.1, -0.05) is 18.2 Å². The molecular weight excluding hydrogens is 242 g/mol. The van der Waals surface area contributed by atoms with Crippen molar-refractivity contribution in [2.75, 3.05) is 11.9 Å². The van der Waals surface area contributed by atoms with Gasteiger partial charge in [0.2, 0.25) is 0 Å². The molecule has 1 aromatic carbocycles. The molecule has 0 saturated carbocycles. The van der Waals surface area contributed by atoms with Crippen molar-refractivity contribution >= 4 is 11.8 Å². The Morgan fingerprint density at radius 2 is 2.00 bits per heavy atom. The lowest BCUT2D eigenvalue weighted by Gasteiger charge is -2.06. The first-order valence-electron chi connectivity index (χ1n) is 6.10. The van der Waals surface area contributed by atoms with E-state index in [-0.39, 0.29) is 0 Å². The number of amides is 1. The SMILES string of the molecule is O=C(Nc1ccccc1)OCCCc1cccnn1. The molecular formula is C14H15N3O2. The highest BCUT2D eigenvalue weighted by Crippen LogP contribution is 2.05. The van der Waals surface area contributed by atoms with Crippen LogP contribution in [0, 0.1) is 0 Å². The first-order chi connectivity index (χ1) is 9.34. The highest BCUT2D eigenvalue weighted by Gasteiger charge is 2.02. The van der Waals surface area contributed by atoms with Crippen molar-refractivity contribution in [2.45, 2.75) is 12.8 Å². The number of aromatic nitrogens is 2. The van der Waals surface area contributed by atoms with Crippen LogP contribution in [0.4, 0.5) is 10.5 Å². The number of rotatable bonds is 5. The quantitative estimate of drug-likeness (QED) is 0.836. The zero-order chi connectivity index (χ0) is 13.3. The standard InChI is InChI=1S/C14H15N3O2/c18-14(16-12-6-2-1-3-7-12)19-11-5-9-13-8-4-10-15-17-13/h1-4,6-8,10H,5,9,11H2,(H,16,18). The molecule has 98 valence electrons. The van der Waals surface area contributed by atoms with E-state index in [9.17, 15) is 4.79 Å². The van der Waals surface area contributed by atoms with Crippen molar-refractivity contribution < 1.29 is 9.53 Å². The summed E-state index contributed by atoms with van der Waals surface area (Å²) in [6.07, 6.45) is 2.66. The van der Waals surface area contributed by atoms with Gasteiger partial charge in [-0.25, -0.2) is 4.79 Å². The van der Waals surface area contributed by atoms with E-state index in [0.29, 0.717) is 6.61 Å². The highest BCUT2D eigenvalue weighted by molar-refractivity contribution is 5.84. The van der Waals surface area contributed by atoms with Crippen molar-refractivity contribution in [2.24, 2.45) is 0 Å². The summed E-state index contributed by atoms with van der Waals surface area (Å²) in [4.78, 5) is 11.5. The van der Waals surface area contributed by atoms with E-state index in [4.69, 9.17) is 4.74 Å². The molecule has 0 atom stereocenters. The zero-order valence-electron chi connectivity index (χ0n) is 10.5. The molecule has 5 heteroatoms. The van der Waals surface area contributed by atoms with Crippen LogP contribution in [0.2, 0.25) is 0 Å². The smallest absolute Gasteiger partial charge is 0.411 e. The second-order valence-electron chi connectivity index (χ2n) is 3.95.